The largest absolute Gasteiger partial charge is 0.573 e. The molecule has 162 valence electrons. The lowest BCUT2D eigenvalue weighted by atomic mass is 9.73. The molecule has 0 bridgehead atoms. The Morgan fingerprint density at radius 1 is 1.24 bits per heavy atom. The van der Waals surface area contributed by atoms with Crippen molar-refractivity contribution in [2.45, 2.75) is 79.0 Å². The molecular formula is C23H32F3NO2. The number of alkyl halides is 3. The first-order chi connectivity index (χ1) is 13.6. The second kappa shape index (κ2) is 9.68. The third kappa shape index (κ3) is 6.25. The maximum Gasteiger partial charge on any atom is 0.573 e. The maximum absolute atomic E-state index is 13.3. The molecule has 2 unspecified atom stereocenters. The molecule has 1 heterocycles. The minimum Gasteiger partial charge on any atom is -0.406 e. The molecule has 0 spiro atoms. The highest BCUT2D eigenvalue weighted by Gasteiger charge is 2.39. The zero-order chi connectivity index (χ0) is 21.7. The Morgan fingerprint density at radius 2 is 1.97 bits per heavy atom. The lowest BCUT2D eigenvalue weighted by molar-refractivity contribution is -0.274. The Bertz CT molecular complexity index is 742. The van der Waals surface area contributed by atoms with Gasteiger partial charge in [-0.05, 0) is 62.7 Å². The number of hydrogen-bond donors (Lipinski definition) is 1. The summed E-state index contributed by atoms with van der Waals surface area (Å²) in [5.74, 6) is 0.256. The third-order valence-corrected chi connectivity index (χ3v) is 6.02. The SMILES string of the molecule is CCCC1(CCC(C)CC)CCC(C)=C(c2cccc(OC(F)(F)F)c2)NC1=O. The van der Waals surface area contributed by atoms with E-state index < -0.39 is 11.8 Å². The fourth-order valence-corrected chi connectivity index (χ4v) is 3.99. The van der Waals surface area contributed by atoms with Gasteiger partial charge in [-0.15, -0.1) is 13.2 Å². The van der Waals surface area contributed by atoms with Crippen LogP contribution in [0.3, 0.4) is 0 Å². The number of hydrogen-bond acceptors (Lipinski definition) is 2. The highest BCUT2D eigenvalue weighted by atomic mass is 19.4. The van der Waals surface area contributed by atoms with Crippen molar-refractivity contribution in [2.24, 2.45) is 11.3 Å². The minimum absolute atomic E-state index is 0.0170. The molecular weight excluding hydrogens is 379 g/mol. The fraction of sp³-hybridized carbons (Fsp3) is 0.609. The standard InChI is InChI=1S/C23H32F3NO2/c1-5-12-22(13-10-16(3)6-2)14-11-17(4)20(27-21(22)28)18-8-7-9-19(15-18)29-23(24,25)26/h7-9,15-16H,5-6,10-14H2,1-4H3,(H,27,28). The van der Waals surface area contributed by atoms with Gasteiger partial charge in [0.15, 0.2) is 0 Å². The van der Waals surface area contributed by atoms with Crippen molar-refractivity contribution < 1.29 is 22.7 Å². The zero-order valence-electron chi connectivity index (χ0n) is 17.8. The summed E-state index contributed by atoms with van der Waals surface area (Å²) in [4.78, 5) is 13.3. The molecule has 0 saturated carbocycles. The molecule has 2 rings (SSSR count). The number of halogens is 3. The number of nitrogens with one attached hydrogen (secondary N) is 1. The fourth-order valence-electron chi connectivity index (χ4n) is 3.99. The molecule has 1 amide bonds. The Kier molecular flexibility index (Phi) is 7.78. The van der Waals surface area contributed by atoms with Crippen molar-refractivity contribution >= 4 is 11.6 Å². The second-order valence-electron chi connectivity index (χ2n) is 8.27. The van der Waals surface area contributed by atoms with Crippen LogP contribution in [0.5, 0.6) is 5.75 Å². The molecule has 3 nitrogen and oxygen atoms in total. The molecule has 2 atom stereocenters. The molecule has 0 radical (unpaired) electrons. The van der Waals surface area contributed by atoms with Gasteiger partial charge in [0.1, 0.15) is 5.75 Å². The summed E-state index contributed by atoms with van der Waals surface area (Å²) in [7, 11) is 0. The van der Waals surface area contributed by atoms with Crippen molar-refractivity contribution in [1.82, 2.24) is 5.32 Å². The van der Waals surface area contributed by atoms with E-state index in [1.54, 1.807) is 6.07 Å². The number of amides is 1. The van der Waals surface area contributed by atoms with Gasteiger partial charge < -0.3 is 10.1 Å². The monoisotopic (exact) mass is 411 g/mol. The molecule has 1 aromatic rings. The number of carbonyl (C=O) groups excluding carboxylic acids is 1. The van der Waals surface area contributed by atoms with Crippen molar-refractivity contribution in [3.05, 3.63) is 35.4 Å². The van der Waals surface area contributed by atoms with Crippen molar-refractivity contribution in [3.63, 3.8) is 0 Å². The molecule has 1 aromatic carbocycles. The van der Waals surface area contributed by atoms with E-state index in [1.165, 1.54) is 18.2 Å². The highest BCUT2D eigenvalue weighted by molar-refractivity contribution is 5.92. The molecule has 1 N–H and O–H groups in total. The van der Waals surface area contributed by atoms with E-state index in [9.17, 15) is 18.0 Å². The summed E-state index contributed by atoms with van der Waals surface area (Å²) in [6.07, 6.45) is 1.38. The van der Waals surface area contributed by atoms with E-state index in [0.717, 1.165) is 50.5 Å². The van der Waals surface area contributed by atoms with Crippen LogP contribution in [0.2, 0.25) is 0 Å². The van der Waals surface area contributed by atoms with E-state index in [-0.39, 0.29) is 11.7 Å². The Labute approximate surface area is 171 Å². The summed E-state index contributed by atoms with van der Waals surface area (Å²) >= 11 is 0. The molecule has 0 aromatic heterocycles. The predicted molar refractivity (Wildman–Crippen MR) is 109 cm³/mol. The Morgan fingerprint density at radius 3 is 2.59 bits per heavy atom. The van der Waals surface area contributed by atoms with Gasteiger partial charge >= 0.3 is 6.36 Å². The predicted octanol–water partition coefficient (Wildman–Crippen LogP) is 6.84. The summed E-state index contributed by atoms with van der Waals surface area (Å²) in [5.41, 5.74) is 1.68. The molecule has 6 heteroatoms. The van der Waals surface area contributed by atoms with Gasteiger partial charge in [-0.3, -0.25) is 4.79 Å². The van der Waals surface area contributed by atoms with E-state index in [1.807, 2.05) is 6.92 Å². The molecule has 1 aliphatic rings. The van der Waals surface area contributed by atoms with E-state index in [2.05, 4.69) is 30.8 Å². The van der Waals surface area contributed by atoms with Crippen LogP contribution in [0, 0.1) is 11.3 Å². The first-order valence-electron chi connectivity index (χ1n) is 10.5. The van der Waals surface area contributed by atoms with Crippen molar-refractivity contribution in [1.29, 1.82) is 0 Å². The molecule has 29 heavy (non-hydrogen) atoms. The summed E-state index contributed by atoms with van der Waals surface area (Å²) < 4.78 is 41.8. The highest BCUT2D eigenvalue weighted by Crippen LogP contribution is 2.41. The lowest BCUT2D eigenvalue weighted by Crippen LogP contribution is -2.39. The van der Waals surface area contributed by atoms with E-state index in [0.29, 0.717) is 17.2 Å². The van der Waals surface area contributed by atoms with Crippen LogP contribution in [-0.4, -0.2) is 12.3 Å². The van der Waals surface area contributed by atoms with Gasteiger partial charge in [-0.1, -0.05) is 45.7 Å². The number of benzene rings is 1. The quantitative estimate of drug-likeness (QED) is 0.509. The average molecular weight is 412 g/mol. The smallest absolute Gasteiger partial charge is 0.406 e. The zero-order valence-corrected chi connectivity index (χ0v) is 17.8. The summed E-state index contributed by atoms with van der Waals surface area (Å²) in [5, 5.41) is 3.06. The van der Waals surface area contributed by atoms with E-state index >= 15 is 0 Å². The van der Waals surface area contributed by atoms with Gasteiger partial charge in [0.2, 0.25) is 5.91 Å². The number of ether oxygens (including phenoxy) is 1. The van der Waals surface area contributed by atoms with E-state index in [4.69, 9.17) is 0 Å². The van der Waals surface area contributed by atoms with Gasteiger partial charge in [-0.25, -0.2) is 0 Å². The third-order valence-electron chi connectivity index (χ3n) is 6.02. The van der Waals surface area contributed by atoms with Crippen LogP contribution >= 0.6 is 0 Å². The molecule has 1 aliphatic heterocycles. The normalized spacial score (nSPS) is 21.6. The Balaban J connectivity index is 2.29. The molecule has 0 fully saturated rings. The maximum atomic E-state index is 13.3. The Hall–Kier alpha value is -1.98. The van der Waals surface area contributed by atoms with Crippen LogP contribution in [-0.2, 0) is 4.79 Å². The van der Waals surface area contributed by atoms with Gasteiger partial charge in [0.05, 0.1) is 0 Å². The van der Waals surface area contributed by atoms with Crippen LogP contribution in [0.25, 0.3) is 5.70 Å². The second-order valence-corrected chi connectivity index (χ2v) is 8.27. The van der Waals surface area contributed by atoms with Gasteiger partial charge in [0.25, 0.3) is 0 Å². The van der Waals surface area contributed by atoms with Crippen LogP contribution < -0.4 is 10.1 Å². The van der Waals surface area contributed by atoms with Crippen molar-refractivity contribution in [2.75, 3.05) is 0 Å². The number of allylic oxidation sites excluding steroid dienone is 1. The van der Waals surface area contributed by atoms with Gasteiger partial charge in [-0.2, -0.15) is 0 Å². The number of rotatable bonds is 8. The van der Waals surface area contributed by atoms with Gasteiger partial charge in [0, 0.05) is 16.7 Å². The first kappa shape index (κ1) is 23.3. The summed E-state index contributed by atoms with van der Waals surface area (Å²) in [6.45, 7) is 8.38. The molecule has 0 aliphatic carbocycles. The minimum atomic E-state index is -4.75. The van der Waals surface area contributed by atoms with Crippen molar-refractivity contribution in [3.8, 4) is 5.75 Å². The van der Waals surface area contributed by atoms with Crippen LogP contribution in [0.15, 0.2) is 29.8 Å². The topological polar surface area (TPSA) is 38.3 Å². The first-order valence-corrected chi connectivity index (χ1v) is 10.5. The van der Waals surface area contributed by atoms with Crippen LogP contribution in [0.4, 0.5) is 13.2 Å². The average Bonchev–Trinajstić information content (AvgIpc) is 2.77. The number of carbonyl (C=O) groups is 1. The molecule has 0 saturated heterocycles. The summed E-state index contributed by atoms with van der Waals surface area (Å²) in [6, 6.07) is 5.81. The van der Waals surface area contributed by atoms with Crippen LogP contribution in [0.1, 0.15) is 78.2 Å². The lowest BCUT2D eigenvalue weighted by Gasteiger charge is -2.32.